The second-order valence-corrected chi connectivity index (χ2v) is 4.43. The lowest BCUT2D eigenvalue weighted by molar-refractivity contribution is -0.142. The number of allylic oxidation sites excluding steroid dienone is 3. The highest BCUT2D eigenvalue weighted by molar-refractivity contribution is 5.71. The maximum Gasteiger partial charge on any atom is 0.309 e. The lowest BCUT2D eigenvalue weighted by Crippen LogP contribution is -2.07. The first-order chi connectivity index (χ1) is 7.79. The van der Waals surface area contributed by atoms with Gasteiger partial charge in [0.05, 0.1) is 13.0 Å². The van der Waals surface area contributed by atoms with Crippen LogP contribution in [-0.2, 0) is 9.53 Å². The largest absolute Gasteiger partial charge is 0.465 e. The van der Waals surface area contributed by atoms with Crippen LogP contribution in [0.3, 0.4) is 0 Å². The SMILES string of the molecule is CC1CC=CCCC/C=C/CC(=O)OCC1. The van der Waals surface area contributed by atoms with Gasteiger partial charge >= 0.3 is 5.97 Å². The third kappa shape index (κ3) is 6.44. The van der Waals surface area contributed by atoms with E-state index in [1.54, 1.807) is 0 Å². The van der Waals surface area contributed by atoms with Gasteiger partial charge in [0.1, 0.15) is 0 Å². The van der Waals surface area contributed by atoms with Crippen LogP contribution >= 0.6 is 0 Å². The molecule has 2 nitrogen and oxygen atoms in total. The van der Waals surface area contributed by atoms with Gasteiger partial charge in [-0.05, 0) is 38.0 Å². The third-order valence-corrected chi connectivity index (χ3v) is 2.77. The molecule has 0 fully saturated rings. The van der Waals surface area contributed by atoms with E-state index >= 15 is 0 Å². The highest BCUT2D eigenvalue weighted by Gasteiger charge is 2.03. The van der Waals surface area contributed by atoms with Crippen LogP contribution in [0.25, 0.3) is 0 Å². The topological polar surface area (TPSA) is 26.3 Å². The summed E-state index contributed by atoms with van der Waals surface area (Å²) in [6.07, 6.45) is 14.3. The molecule has 1 aliphatic rings. The van der Waals surface area contributed by atoms with Crippen LogP contribution in [-0.4, -0.2) is 12.6 Å². The molecule has 0 saturated heterocycles. The van der Waals surface area contributed by atoms with E-state index in [4.69, 9.17) is 4.74 Å². The molecule has 1 atom stereocenters. The maximum absolute atomic E-state index is 11.3. The van der Waals surface area contributed by atoms with E-state index in [0.29, 0.717) is 18.9 Å². The predicted octanol–water partition coefficient (Wildman–Crippen LogP) is 3.63. The monoisotopic (exact) mass is 222 g/mol. The Morgan fingerprint density at radius 2 is 1.94 bits per heavy atom. The molecule has 0 saturated carbocycles. The number of carbonyl (C=O) groups is 1. The molecule has 0 aromatic rings. The summed E-state index contributed by atoms with van der Waals surface area (Å²) in [5, 5.41) is 0. The normalized spacial score (nSPS) is 26.8. The molecule has 2 heteroatoms. The number of ether oxygens (including phenoxy) is 1. The summed E-state index contributed by atoms with van der Waals surface area (Å²) < 4.78 is 5.14. The molecular formula is C14H22O2. The molecular weight excluding hydrogens is 200 g/mol. The summed E-state index contributed by atoms with van der Waals surface area (Å²) in [7, 11) is 0. The molecule has 0 spiro atoms. The van der Waals surface area contributed by atoms with E-state index in [2.05, 4.69) is 25.2 Å². The first-order valence-corrected chi connectivity index (χ1v) is 6.24. The first-order valence-electron chi connectivity index (χ1n) is 6.24. The number of cyclic esters (lactones) is 1. The zero-order chi connectivity index (χ0) is 11.6. The lowest BCUT2D eigenvalue weighted by Gasteiger charge is -2.09. The molecule has 90 valence electrons. The Hall–Kier alpha value is -1.05. The zero-order valence-corrected chi connectivity index (χ0v) is 10.2. The van der Waals surface area contributed by atoms with Gasteiger partial charge in [-0.15, -0.1) is 0 Å². The minimum atomic E-state index is -0.101. The van der Waals surface area contributed by atoms with Gasteiger partial charge in [-0.2, -0.15) is 0 Å². The minimum absolute atomic E-state index is 0.101. The summed E-state index contributed by atoms with van der Waals surface area (Å²) in [6, 6.07) is 0. The average Bonchev–Trinajstić information content (AvgIpc) is 2.26. The molecule has 16 heavy (non-hydrogen) atoms. The molecule has 1 heterocycles. The standard InChI is InChI=1S/C14H22O2/c1-13-9-7-5-3-2-4-6-8-10-14(15)16-12-11-13/h5-8,13H,2-4,9-12H2,1H3/b7-5?,8-6+. The minimum Gasteiger partial charge on any atom is -0.465 e. The molecule has 0 amide bonds. The van der Waals surface area contributed by atoms with Crippen molar-refractivity contribution in [2.75, 3.05) is 6.61 Å². The lowest BCUT2D eigenvalue weighted by atomic mass is 10.0. The zero-order valence-electron chi connectivity index (χ0n) is 10.2. The van der Waals surface area contributed by atoms with E-state index in [1.165, 1.54) is 0 Å². The fourth-order valence-corrected chi connectivity index (χ4v) is 1.65. The fourth-order valence-electron chi connectivity index (χ4n) is 1.65. The molecule has 0 aliphatic carbocycles. The van der Waals surface area contributed by atoms with E-state index in [9.17, 15) is 4.79 Å². The highest BCUT2D eigenvalue weighted by atomic mass is 16.5. The summed E-state index contributed by atoms with van der Waals surface area (Å²) >= 11 is 0. The molecule has 0 aromatic carbocycles. The van der Waals surface area contributed by atoms with Crippen molar-refractivity contribution in [2.24, 2.45) is 5.92 Å². The van der Waals surface area contributed by atoms with Crippen molar-refractivity contribution in [2.45, 2.75) is 45.4 Å². The molecule has 1 aliphatic heterocycles. The van der Waals surface area contributed by atoms with E-state index in [0.717, 1.165) is 32.1 Å². The fraction of sp³-hybridized carbons (Fsp3) is 0.643. The molecule has 0 bridgehead atoms. The average molecular weight is 222 g/mol. The summed E-state index contributed by atoms with van der Waals surface area (Å²) in [5.74, 6) is 0.499. The molecule has 0 radical (unpaired) electrons. The van der Waals surface area contributed by atoms with Crippen LogP contribution < -0.4 is 0 Å². The number of hydrogen-bond acceptors (Lipinski definition) is 2. The Kier molecular flexibility index (Phi) is 6.62. The van der Waals surface area contributed by atoms with Crippen LogP contribution in [0, 0.1) is 5.92 Å². The van der Waals surface area contributed by atoms with E-state index in [-0.39, 0.29) is 5.97 Å². The van der Waals surface area contributed by atoms with Crippen molar-refractivity contribution < 1.29 is 9.53 Å². The van der Waals surface area contributed by atoms with Crippen LogP contribution in [0.2, 0.25) is 0 Å². The van der Waals surface area contributed by atoms with Gasteiger partial charge in [0.25, 0.3) is 0 Å². The van der Waals surface area contributed by atoms with Crippen molar-refractivity contribution >= 4 is 5.97 Å². The summed E-state index contributed by atoms with van der Waals surface area (Å²) in [4.78, 5) is 11.3. The first kappa shape index (κ1) is 13.0. The van der Waals surface area contributed by atoms with Gasteiger partial charge in [0.2, 0.25) is 0 Å². The van der Waals surface area contributed by atoms with Gasteiger partial charge in [0, 0.05) is 0 Å². The maximum atomic E-state index is 11.3. The van der Waals surface area contributed by atoms with Crippen molar-refractivity contribution in [3.63, 3.8) is 0 Å². The smallest absolute Gasteiger partial charge is 0.309 e. The van der Waals surface area contributed by atoms with Gasteiger partial charge in [-0.3, -0.25) is 4.79 Å². The number of rotatable bonds is 0. The van der Waals surface area contributed by atoms with Gasteiger partial charge < -0.3 is 4.74 Å². The third-order valence-electron chi connectivity index (χ3n) is 2.77. The quantitative estimate of drug-likeness (QED) is 0.462. The molecule has 0 aromatic heterocycles. The number of hydrogen-bond donors (Lipinski definition) is 0. The van der Waals surface area contributed by atoms with Crippen LogP contribution in [0.1, 0.15) is 45.4 Å². The Balaban J connectivity index is 2.38. The van der Waals surface area contributed by atoms with Gasteiger partial charge in [-0.25, -0.2) is 0 Å². The highest BCUT2D eigenvalue weighted by Crippen LogP contribution is 2.10. The molecule has 1 rings (SSSR count). The van der Waals surface area contributed by atoms with Crippen molar-refractivity contribution in [1.29, 1.82) is 0 Å². The molecule has 1 unspecified atom stereocenters. The van der Waals surface area contributed by atoms with Crippen molar-refractivity contribution in [1.82, 2.24) is 0 Å². The number of esters is 1. The molecule has 0 N–H and O–H groups in total. The van der Waals surface area contributed by atoms with Crippen molar-refractivity contribution in [3.05, 3.63) is 24.3 Å². The van der Waals surface area contributed by atoms with Gasteiger partial charge in [0.15, 0.2) is 0 Å². The Labute approximate surface area is 98.4 Å². The number of carbonyl (C=O) groups excluding carboxylic acids is 1. The van der Waals surface area contributed by atoms with Crippen molar-refractivity contribution in [3.8, 4) is 0 Å². The predicted molar refractivity (Wildman–Crippen MR) is 66.1 cm³/mol. The van der Waals surface area contributed by atoms with Gasteiger partial charge in [-0.1, -0.05) is 31.2 Å². The second kappa shape index (κ2) is 8.14. The summed E-state index contributed by atoms with van der Waals surface area (Å²) in [5.41, 5.74) is 0. The van der Waals surface area contributed by atoms with Crippen LogP contribution in [0.4, 0.5) is 0 Å². The Morgan fingerprint density at radius 3 is 2.75 bits per heavy atom. The van der Waals surface area contributed by atoms with Crippen LogP contribution in [0.5, 0.6) is 0 Å². The van der Waals surface area contributed by atoms with Crippen LogP contribution in [0.15, 0.2) is 24.3 Å². The van der Waals surface area contributed by atoms with E-state index < -0.39 is 0 Å². The Bertz CT molecular complexity index is 253. The summed E-state index contributed by atoms with van der Waals surface area (Å²) in [6.45, 7) is 2.76. The Morgan fingerprint density at radius 1 is 1.19 bits per heavy atom. The second-order valence-electron chi connectivity index (χ2n) is 4.43. The van der Waals surface area contributed by atoms with E-state index in [1.807, 2.05) is 6.08 Å².